The number of nitrogens with one attached hydrogen (secondary N) is 1. The molecule has 1 rings (SSSR count). The van der Waals surface area contributed by atoms with E-state index in [9.17, 15) is 9.50 Å². The van der Waals surface area contributed by atoms with Crippen LogP contribution in [0.15, 0.2) is 24.3 Å². The van der Waals surface area contributed by atoms with Gasteiger partial charge in [-0.1, -0.05) is 12.1 Å². The zero-order valence-electron chi connectivity index (χ0n) is 9.61. The molecule has 0 spiro atoms. The first kappa shape index (κ1) is 13.1. The van der Waals surface area contributed by atoms with E-state index in [4.69, 9.17) is 4.74 Å². The van der Waals surface area contributed by atoms with Crippen LogP contribution in [0.25, 0.3) is 0 Å². The standard InChI is InChI=1S/C12H18FNO2/c1-9(8-16-2)14-7-12(15)10-4-3-5-11(13)6-10/h3-6,9,12,14-15H,7-8H2,1-2H3. The molecule has 0 heterocycles. The van der Waals surface area contributed by atoms with Crippen molar-refractivity contribution in [1.29, 1.82) is 0 Å². The topological polar surface area (TPSA) is 41.5 Å². The minimum absolute atomic E-state index is 0.160. The highest BCUT2D eigenvalue weighted by molar-refractivity contribution is 5.18. The van der Waals surface area contributed by atoms with E-state index < -0.39 is 6.10 Å². The smallest absolute Gasteiger partial charge is 0.123 e. The first-order valence-electron chi connectivity index (χ1n) is 5.29. The fourth-order valence-electron chi connectivity index (χ4n) is 1.45. The van der Waals surface area contributed by atoms with Crippen LogP contribution in [0.3, 0.4) is 0 Å². The molecule has 0 fully saturated rings. The molecule has 0 aliphatic rings. The van der Waals surface area contributed by atoms with Crippen molar-refractivity contribution in [2.24, 2.45) is 0 Å². The van der Waals surface area contributed by atoms with Crippen LogP contribution < -0.4 is 5.32 Å². The second-order valence-corrected chi connectivity index (χ2v) is 3.84. The lowest BCUT2D eigenvalue weighted by Crippen LogP contribution is -2.33. The lowest BCUT2D eigenvalue weighted by molar-refractivity contribution is 0.143. The molecule has 2 atom stereocenters. The maximum Gasteiger partial charge on any atom is 0.123 e. The lowest BCUT2D eigenvalue weighted by atomic mass is 10.1. The zero-order chi connectivity index (χ0) is 12.0. The van der Waals surface area contributed by atoms with E-state index in [1.807, 2.05) is 6.92 Å². The van der Waals surface area contributed by atoms with Crippen molar-refractivity contribution in [3.63, 3.8) is 0 Å². The van der Waals surface area contributed by atoms with E-state index >= 15 is 0 Å². The molecule has 0 aliphatic carbocycles. The van der Waals surface area contributed by atoms with Crippen molar-refractivity contribution >= 4 is 0 Å². The van der Waals surface area contributed by atoms with Crippen molar-refractivity contribution in [2.45, 2.75) is 19.1 Å². The Bertz CT molecular complexity index is 320. The summed E-state index contributed by atoms with van der Waals surface area (Å²) in [6.45, 7) is 2.92. The number of methoxy groups -OCH3 is 1. The molecule has 0 saturated carbocycles. The summed E-state index contributed by atoms with van der Waals surface area (Å²) in [6, 6.07) is 6.15. The Kier molecular flexibility index (Phi) is 5.38. The zero-order valence-corrected chi connectivity index (χ0v) is 9.61. The molecule has 1 aromatic rings. The lowest BCUT2D eigenvalue weighted by Gasteiger charge is -2.16. The minimum Gasteiger partial charge on any atom is -0.387 e. The number of hydrogen-bond donors (Lipinski definition) is 2. The quantitative estimate of drug-likeness (QED) is 0.773. The van der Waals surface area contributed by atoms with Crippen LogP contribution in [-0.4, -0.2) is 31.4 Å². The molecule has 16 heavy (non-hydrogen) atoms. The molecule has 0 saturated heterocycles. The Morgan fingerprint density at radius 2 is 2.25 bits per heavy atom. The van der Waals surface area contributed by atoms with Gasteiger partial charge in [0.25, 0.3) is 0 Å². The molecule has 3 nitrogen and oxygen atoms in total. The number of halogens is 1. The highest BCUT2D eigenvalue weighted by Crippen LogP contribution is 2.13. The fourth-order valence-corrected chi connectivity index (χ4v) is 1.45. The average Bonchev–Trinajstić information content (AvgIpc) is 2.26. The van der Waals surface area contributed by atoms with Gasteiger partial charge < -0.3 is 15.2 Å². The molecule has 0 aliphatic heterocycles. The molecular weight excluding hydrogens is 209 g/mol. The van der Waals surface area contributed by atoms with Gasteiger partial charge in [0.15, 0.2) is 0 Å². The van der Waals surface area contributed by atoms with Crippen LogP contribution >= 0.6 is 0 Å². The first-order chi connectivity index (χ1) is 7.63. The maximum atomic E-state index is 12.9. The van der Waals surface area contributed by atoms with E-state index in [-0.39, 0.29) is 11.9 Å². The summed E-state index contributed by atoms with van der Waals surface area (Å²) in [5, 5.41) is 12.9. The number of rotatable bonds is 6. The van der Waals surface area contributed by atoms with E-state index in [0.29, 0.717) is 18.7 Å². The van der Waals surface area contributed by atoms with E-state index in [1.54, 1.807) is 19.2 Å². The van der Waals surface area contributed by atoms with Gasteiger partial charge in [-0.3, -0.25) is 0 Å². The predicted octanol–water partition coefficient (Wildman–Crippen LogP) is 1.48. The van der Waals surface area contributed by atoms with Gasteiger partial charge in [0.1, 0.15) is 5.82 Å². The summed E-state index contributed by atoms with van der Waals surface area (Å²) in [5.41, 5.74) is 0.581. The second kappa shape index (κ2) is 6.58. The van der Waals surface area contributed by atoms with Crippen molar-refractivity contribution in [3.05, 3.63) is 35.6 Å². The van der Waals surface area contributed by atoms with Gasteiger partial charge in [-0.2, -0.15) is 0 Å². The maximum absolute atomic E-state index is 12.9. The number of ether oxygens (including phenoxy) is 1. The largest absolute Gasteiger partial charge is 0.387 e. The third kappa shape index (κ3) is 4.26. The Morgan fingerprint density at radius 1 is 1.50 bits per heavy atom. The molecule has 90 valence electrons. The molecule has 2 unspecified atom stereocenters. The Hall–Kier alpha value is -0.970. The Morgan fingerprint density at radius 3 is 2.88 bits per heavy atom. The molecule has 2 N–H and O–H groups in total. The van der Waals surface area contributed by atoms with Crippen molar-refractivity contribution < 1.29 is 14.2 Å². The van der Waals surface area contributed by atoms with Gasteiger partial charge in [0.05, 0.1) is 12.7 Å². The van der Waals surface area contributed by atoms with Gasteiger partial charge in [-0.15, -0.1) is 0 Å². The van der Waals surface area contributed by atoms with Crippen LogP contribution in [0.1, 0.15) is 18.6 Å². The second-order valence-electron chi connectivity index (χ2n) is 3.84. The highest BCUT2D eigenvalue weighted by atomic mass is 19.1. The van der Waals surface area contributed by atoms with Gasteiger partial charge in [-0.25, -0.2) is 4.39 Å². The summed E-state index contributed by atoms with van der Waals surface area (Å²) in [5.74, 6) is -0.332. The SMILES string of the molecule is COCC(C)NCC(O)c1cccc(F)c1. The van der Waals surface area contributed by atoms with Crippen LogP contribution in [0.4, 0.5) is 4.39 Å². The monoisotopic (exact) mass is 227 g/mol. The van der Waals surface area contributed by atoms with E-state index in [0.717, 1.165) is 0 Å². The van der Waals surface area contributed by atoms with Crippen LogP contribution in [0.2, 0.25) is 0 Å². The number of aliphatic hydroxyl groups is 1. The highest BCUT2D eigenvalue weighted by Gasteiger charge is 2.09. The van der Waals surface area contributed by atoms with Crippen LogP contribution in [-0.2, 0) is 4.74 Å². The van der Waals surface area contributed by atoms with Gasteiger partial charge in [0.2, 0.25) is 0 Å². The summed E-state index contributed by atoms with van der Waals surface area (Å²) >= 11 is 0. The fraction of sp³-hybridized carbons (Fsp3) is 0.500. The summed E-state index contributed by atoms with van der Waals surface area (Å²) in [4.78, 5) is 0. The van der Waals surface area contributed by atoms with E-state index in [1.165, 1.54) is 12.1 Å². The third-order valence-electron chi connectivity index (χ3n) is 2.31. The molecule has 0 bridgehead atoms. The summed E-state index contributed by atoms with van der Waals surface area (Å²) in [7, 11) is 1.63. The van der Waals surface area contributed by atoms with Crippen LogP contribution in [0.5, 0.6) is 0 Å². The number of benzene rings is 1. The Labute approximate surface area is 95.2 Å². The van der Waals surface area contributed by atoms with Gasteiger partial charge >= 0.3 is 0 Å². The molecule has 4 heteroatoms. The average molecular weight is 227 g/mol. The van der Waals surface area contributed by atoms with Crippen molar-refractivity contribution in [2.75, 3.05) is 20.3 Å². The van der Waals surface area contributed by atoms with E-state index in [2.05, 4.69) is 5.32 Å². The summed E-state index contributed by atoms with van der Waals surface area (Å²) < 4.78 is 17.9. The number of hydrogen-bond acceptors (Lipinski definition) is 3. The normalized spacial score (nSPS) is 14.8. The van der Waals surface area contributed by atoms with Gasteiger partial charge in [-0.05, 0) is 24.6 Å². The van der Waals surface area contributed by atoms with Gasteiger partial charge in [0, 0.05) is 19.7 Å². The minimum atomic E-state index is -0.699. The molecule has 0 aromatic heterocycles. The number of aliphatic hydroxyl groups excluding tert-OH is 1. The van der Waals surface area contributed by atoms with Crippen molar-refractivity contribution in [3.8, 4) is 0 Å². The predicted molar refractivity (Wildman–Crippen MR) is 60.7 cm³/mol. The molecule has 1 aromatic carbocycles. The molecule has 0 radical (unpaired) electrons. The molecular formula is C12H18FNO2. The Balaban J connectivity index is 2.43. The van der Waals surface area contributed by atoms with Crippen molar-refractivity contribution in [1.82, 2.24) is 5.32 Å². The van der Waals surface area contributed by atoms with Crippen LogP contribution in [0, 0.1) is 5.82 Å². The summed E-state index contributed by atoms with van der Waals surface area (Å²) in [6.07, 6.45) is -0.699. The first-order valence-corrected chi connectivity index (χ1v) is 5.29. The third-order valence-corrected chi connectivity index (χ3v) is 2.31. The molecule has 0 amide bonds.